The van der Waals surface area contributed by atoms with Crippen LogP contribution >= 0.6 is 34.8 Å². The Kier molecular flexibility index (Phi) is 5.34. The summed E-state index contributed by atoms with van der Waals surface area (Å²) >= 11 is 18.1. The van der Waals surface area contributed by atoms with E-state index in [-0.39, 0.29) is 11.6 Å². The maximum Gasteiger partial charge on any atom is 0.163 e. The molecule has 0 unspecified atom stereocenters. The summed E-state index contributed by atoms with van der Waals surface area (Å²) < 4.78 is 10.8. The molecule has 0 saturated heterocycles. The topological polar surface area (TPSA) is 35.5 Å². The average Bonchev–Trinajstić information content (AvgIpc) is 2.47. The molecule has 0 saturated carbocycles. The largest absolute Gasteiger partial charge is 0.493 e. The number of halogens is 3. The maximum atomic E-state index is 10.9. The van der Waals surface area contributed by atoms with Crippen LogP contribution in [0.25, 0.3) is 0 Å². The third kappa shape index (κ3) is 3.62. The molecule has 2 aromatic rings. The molecule has 0 N–H and O–H groups in total. The van der Waals surface area contributed by atoms with Crippen LogP contribution in [-0.2, 0) is 6.61 Å². The quantitative estimate of drug-likeness (QED) is 0.712. The fraction of sp³-hybridized carbons (Fsp3) is 0.133. The molecule has 0 aliphatic heterocycles. The lowest BCUT2D eigenvalue weighted by atomic mass is 10.2. The van der Waals surface area contributed by atoms with E-state index in [2.05, 4.69) is 0 Å². The minimum atomic E-state index is 0.158. The molecule has 0 heterocycles. The number of hydrogen-bond acceptors (Lipinski definition) is 3. The number of ether oxygens (including phenoxy) is 2. The van der Waals surface area contributed by atoms with Gasteiger partial charge in [0.2, 0.25) is 0 Å². The van der Waals surface area contributed by atoms with Crippen molar-refractivity contribution in [3.8, 4) is 11.5 Å². The zero-order valence-corrected chi connectivity index (χ0v) is 13.3. The summed E-state index contributed by atoms with van der Waals surface area (Å²) in [6.07, 6.45) is 0.652. The highest BCUT2D eigenvalue weighted by Gasteiger charge is 2.12. The Hall–Kier alpha value is -1.42. The fourth-order valence-corrected chi connectivity index (χ4v) is 2.44. The minimum Gasteiger partial charge on any atom is -0.493 e. The van der Waals surface area contributed by atoms with Gasteiger partial charge in [-0.2, -0.15) is 0 Å². The second-order valence-corrected chi connectivity index (χ2v) is 5.35. The van der Waals surface area contributed by atoms with E-state index in [1.54, 1.807) is 18.2 Å². The third-order valence-electron chi connectivity index (χ3n) is 2.84. The van der Waals surface area contributed by atoms with E-state index in [0.29, 0.717) is 39.0 Å². The molecule has 0 amide bonds. The summed E-state index contributed by atoms with van der Waals surface area (Å²) in [6.45, 7) is 0.158. The Balaban J connectivity index is 2.28. The summed E-state index contributed by atoms with van der Waals surface area (Å²) in [7, 11) is 1.48. The molecule has 0 spiro atoms. The molecule has 0 bridgehead atoms. The highest BCUT2D eigenvalue weighted by molar-refractivity contribution is 6.36. The molecule has 0 fully saturated rings. The monoisotopic (exact) mass is 344 g/mol. The van der Waals surface area contributed by atoms with E-state index in [1.165, 1.54) is 19.2 Å². The zero-order chi connectivity index (χ0) is 15.4. The standard InChI is InChI=1S/C15H11Cl3O3/c1-20-14-5-9(7-19)13(18)6-15(14)21-8-10-11(16)3-2-4-12(10)17/h2-7H,8H2,1H3. The van der Waals surface area contributed by atoms with Gasteiger partial charge in [0, 0.05) is 27.2 Å². The molecule has 0 aromatic heterocycles. The van der Waals surface area contributed by atoms with Crippen molar-refractivity contribution in [3.05, 3.63) is 56.5 Å². The molecule has 110 valence electrons. The molecule has 0 aliphatic rings. The van der Waals surface area contributed by atoms with E-state index in [4.69, 9.17) is 44.3 Å². The van der Waals surface area contributed by atoms with Gasteiger partial charge in [0.1, 0.15) is 6.61 Å². The number of rotatable bonds is 5. The second kappa shape index (κ2) is 7.03. The molecule has 3 nitrogen and oxygen atoms in total. The molecule has 2 aromatic carbocycles. The van der Waals surface area contributed by atoms with Crippen LogP contribution in [-0.4, -0.2) is 13.4 Å². The molecule has 0 aliphatic carbocycles. The Labute approximate surface area is 137 Å². The van der Waals surface area contributed by atoms with Gasteiger partial charge in [0.15, 0.2) is 17.8 Å². The molecule has 0 atom stereocenters. The highest BCUT2D eigenvalue weighted by atomic mass is 35.5. The van der Waals surface area contributed by atoms with Crippen LogP contribution < -0.4 is 9.47 Å². The number of carbonyl (C=O) groups is 1. The Bertz CT molecular complexity index is 651. The van der Waals surface area contributed by atoms with Crippen LogP contribution in [0.5, 0.6) is 11.5 Å². The number of carbonyl (C=O) groups excluding carboxylic acids is 1. The van der Waals surface area contributed by atoms with Crippen LogP contribution in [0.15, 0.2) is 30.3 Å². The first-order valence-electron chi connectivity index (χ1n) is 5.95. The van der Waals surface area contributed by atoms with Crippen molar-refractivity contribution in [1.82, 2.24) is 0 Å². The molecule has 6 heteroatoms. The van der Waals surface area contributed by atoms with Crippen molar-refractivity contribution in [1.29, 1.82) is 0 Å². The van der Waals surface area contributed by atoms with Crippen LogP contribution in [0.1, 0.15) is 15.9 Å². The van der Waals surface area contributed by atoms with Crippen molar-refractivity contribution in [2.24, 2.45) is 0 Å². The zero-order valence-electron chi connectivity index (χ0n) is 11.0. The van der Waals surface area contributed by atoms with Gasteiger partial charge in [0.25, 0.3) is 0 Å². The van der Waals surface area contributed by atoms with Gasteiger partial charge in [0.05, 0.1) is 12.1 Å². The van der Waals surface area contributed by atoms with Gasteiger partial charge in [-0.15, -0.1) is 0 Å². The van der Waals surface area contributed by atoms with Crippen LogP contribution in [0.4, 0.5) is 0 Å². The number of benzene rings is 2. The van der Waals surface area contributed by atoms with E-state index < -0.39 is 0 Å². The minimum absolute atomic E-state index is 0.158. The Morgan fingerprint density at radius 2 is 1.71 bits per heavy atom. The van der Waals surface area contributed by atoms with Gasteiger partial charge in [-0.1, -0.05) is 40.9 Å². The fourth-order valence-electron chi connectivity index (χ4n) is 1.73. The summed E-state index contributed by atoms with van der Waals surface area (Å²) in [6, 6.07) is 8.25. The highest BCUT2D eigenvalue weighted by Crippen LogP contribution is 2.34. The molecule has 2 rings (SSSR count). The molecular weight excluding hydrogens is 335 g/mol. The van der Waals surface area contributed by atoms with Crippen molar-refractivity contribution < 1.29 is 14.3 Å². The van der Waals surface area contributed by atoms with Crippen LogP contribution in [0.2, 0.25) is 15.1 Å². The normalized spacial score (nSPS) is 10.3. The van der Waals surface area contributed by atoms with Crippen molar-refractivity contribution in [2.75, 3.05) is 7.11 Å². The molecule has 0 radical (unpaired) electrons. The van der Waals surface area contributed by atoms with E-state index in [0.717, 1.165) is 0 Å². The smallest absolute Gasteiger partial charge is 0.163 e. The van der Waals surface area contributed by atoms with Gasteiger partial charge < -0.3 is 9.47 Å². The summed E-state index contributed by atoms with van der Waals surface area (Å²) in [5.74, 6) is 0.814. The summed E-state index contributed by atoms with van der Waals surface area (Å²) in [5, 5.41) is 1.31. The van der Waals surface area contributed by atoms with Crippen LogP contribution in [0, 0.1) is 0 Å². The van der Waals surface area contributed by atoms with E-state index in [1.807, 2.05) is 0 Å². The number of methoxy groups -OCH3 is 1. The predicted octanol–water partition coefficient (Wildman–Crippen LogP) is 5.05. The maximum absolute atomic E-state index is 10.9. The van der Waals surface area contributed by atoms with Gasteiger partial charge >= 0.3 is 0 Å². The van der Waals surface area contributed by atoms with Gasteiger partial charge in [-0.3, -0.25) is 4.79 Å². The number of aldehydes is 1. The number of hydrogen-bond donors (Lipinski definition) is 0. The first kappa shape index (κ1) is 16.0. The van der Waals surface area contributed by atoms with Crippen LogP contribution in [0.3, 0.4) is 0 Å². The molecular formula is C15H11Cl3O3. The lowest BCUT2D eigenvalue weighted by Gasteiger charge is -2.13. The Morgan fingerprint density at radius 1 is 1.05 bits per heavy atom. The lowest BCUT2D eigenvalue weighted by Crippen LogP contribution is -2.00. The van der Waals surface area contributed by atoms with E-state index >= 15 is 0 Å². The van der Waals surface area contributed by atoms with Crippen molar-refractivity contribution >= 4 is 41.1 Å². The SMILES string of the molecule is COc1cc(C=O)c(Cl)cc1OCc1c(Cl)cccc1Cl. The predicted molar refractivity (Wildman–Crippen MR) is 84.2 cm³/mol. The molecule has 21 heavy (non-hydrogen) atoms. The van der Waals surface area contributed by atoms with E-state index in [9.17, 15) is 4.79 Å². The first-order chi connectivity index (χ1) is 10.1. The Morgan fingerprint density at radius 3 is 2.29 bits per heavy atom. The van der Waals surface area contributed by atoms with Crippen molar-refractivity contribution in [3.63, 3.8) is 0 Å². The third-order valence-corrected chi connectivity index (χ3v) is 3.88. The summed E-state index contributed by atoms with van der Waals surface area (Å²) in [4.78, 5) is 10.9. The van der Waals surface area contributed by atoms with Gasteiger partial charge in [-0.25, -0.2) is 0 Å². The van der Waals surface area contributed by atoms with Gasteiger partial charge in [-0.05, 0) is 18.2 Å². The second-order valence-electron chi connectivity index (χ2n) is 4.13. The summed E-state index contributed by atoms with van der Waals surface area (Å²) in [5.41, 5.74) is 0.995. The lowest BCUT2D eigenvalue weighted by molar-refractivity contribution is 0.112. The first-order valence-corrected chi connectivity index (χ1v) is 7.08. The average molecular weight is 346 g/mol. The van der Waals surface area contributed by atoms with Crippen molar-refractivity contribution in [2.45, 2.75) is 6.61 Å².